The molecule has 0 aliphatic heterocycles. The molecule has 10 heteroatoms. The van der Waals surface area contributed by atoms with Crippen LogP contribution in [0.3, 0.4) is 0 Å². The molecule has 0 unspecified atom stereocenters. The van der Waals surface area contributed by atoms with E-state index in [2.05, 4.69) is 20.1 Å². The zero-order valence-electron chi connectivity index (χ0n) is 13.4. The molecule has 1 amide bonds. The number of hydrogen-bond acceptors (Lipinski definition) is 6. The number of nitrogens with two attached hydrogens (primary N) is 1. The Kier molecular flexibility index (Phi) is 5.54. The van der Waals surface area contributed by atoms with Crippen molar-refractivity contribution in [2.75, 3.05) is 6.54 Å². The van der Waals surface area contributed by atoms with Crippen molar-refractivity contribution in [2.24, 2.45) is 5.73 Å². The summed E-state index contributed by atoms with van der Waals surface area (Å²) in [4.78, 5) is 12.9. The van der Waals surface area contributed by atoms with Crippen LogP contribution in [0.4, 0.5) is 8.78 Å². The van der Waals surface area contributed by atoms with Gasteiger partial charge in [0.1, 0.15) is 0 Å². The van der Waals surface area contributed by atoms with E-state index in [4.69, 9.17) is 5.73 Å². The predicted octanol–water partition coefficient (Wildman–Crippen LogP) is 1.75. The van der Waals surface area contributed by atoms with Crippen molar-refractivity contribution in [1.29, 1.82) is 0 Å². The molecule has 0 aliphatic carbocycles. The van der Waals surface area contributed by atoms with E-state index in [0.717, 1.165) is 22.6 Å². The quantitative estimate of drug-likeness (QED) is 0.610. The van der Waals surface area contributed by atoms with Gasteiger partial charge in [0.2, 0.25) is 11.7 Å². The Bertz CT molecular complexity index is 915. The van der Waals surface area contributed by atoms with E-state index in [0.29, 0.717) is 11.4 Å². The molecule has 7 nitrogen and oxygen atoms in total. The highest BCUT2D eigenvalue weighted by molar-refractivity contribution is 7.97. The van der Waals surface area contributed by atoms with E-state index in [1.807, 2.05) is 24.3 Å². The number of amides is 1. The Labute approximate surface area is 151 Å². The molecule has 0 fully saturated rings. The molecule has 0 atom stereocenters. The van der Waals surface area contributed by atoms with Gasteiger partial charge in [-0.15, -0.1) is 10.2 Å². The number of rotatable bonds is 7. The molecule has 3 aromatic rings. The fourth-order valence-corrected chi connectivity index (χ4v) is 2.74. The van der Waals surface area contributed by atoms with E-state index < -0.39 is 17.5 Å². The molecular formula is C16H14F2N6OS. The normalized spacial score (nSPS) is 10.8. The van der Waals surface area contributed by atoms with Gasteiger partial charge in [0.05, 0.1) is 13.1 Å². The lowest BCUT2D eigenvalue weighted by Crippen LogP contribution is -2.23. The van der Waals surface area contributed by atoms with Gasteiger partial charge in [-0.3, -0.25) is 9.52 Å². The SMILES string of the molecule is NC(=O)CNSc1ccc(-c2nnn(Cc3ccc(F)c(F)c3)n2)cc1. The Balaban J connectivity index is 1.65. The highest BCUT2D eigenvalue weighted by Crippen LogP contribution is 2.20. The summed E-state index contributed by atoms with van der Waals surface area (Å²) >= 11 is 1.28. The van der Waals surface area contributed by atoms with Gasteiger partial charge in [0, 0.05) is 10.5 Å². The zero-order valence-corrected chi connectivity index (χ0v) is 14.2. The number of nitrogens with zero attached hydrogens (tertiary/aromatic N) is 4. The average Bonchev–Trinajstić information content (AvgIpc) is 3.07. The van der Waals surface area contributed by atoms with Gasteiger partial charge in [-0.2, -0.15) is 4.80 Å². The van der Waals surface area contributed by atoms with Crippen molar-refractivity contribution in [1.82, 2.24) is 24.9 Å². The van der Waals surface area contributed by atoms with Gasteiger partial charge in [-0.05, 0) is 59.1 Å². The van der Waals surface area contributed by atoms with E-state index in [9.17, 15) is 13.6 Å². The largest absolute Gasteiger partial charge is 0.369 e. The molecule has 0 spiro atoms. The van der Waals surface area contributed by atoms with Crippen molar-refractivity contribution in [3.05, 3.63) is 59.7 Å². The van der Waals surface area contributed by atoms with Crippen molar-refractivity contribution in [3.63, 3.8) is 0 Å². The third kappa shape index (κ3) is 4.61. The van der Waals surface area contributed by atoms with Gasteiger partial charge in [0.25, 0.3) is 0 Å². The molecule has 0 saturated carbocycles. The first-order chi connectivity index (χ1) is 12.5. The van der Waals surface area contributed by atoms with Gasteiger partial charge < -0.3 is 5.73 Å². The molecule has 134 valence electrons. The molecule has 3 N–H and O–H groups in total. The molecule has 0 aliphatic rings. The van der Waals surface area contributed by atoms with Gasteiger partial charge in [0.15, 0.2) is 11.6 Å². The lowest BCUT2D eigenvalue weighted by Gasteiger charge is -2.02. The van der Waals surface area contributed by atoms with Gasteiger partial charge in [-0.1, -0.05) is 6.07 Å². The minimum atomic E-state index is -0.916. The summed E-state index contributed by atoms with van der Waals surface area (Å²) in [5.74, 6) is -1.84. The number of carbonyl (C=O) groups is 1. The number of halogens is 2. The molecule has 0 saturated heterocycles. The third-order valence-corrected chi connectivity index (χ3v) is 4.11. The molecular weight excluding hydrogens is 362 g/mol. The Hall–Kier alpha value is -2.85. The van der Waals surface area contributed by atoms with Crippen LogP contribution in [0.5, 0.6) is 0 Å². The maximum Gasteiger partial charge on any atom is 0.232 e. The van der Waals surface area contributed by atoms with Crippen LogP contribution in [-0.4, -0.2) is 32.7 Å². The van der Waals surface area contributed by atoms with E-state index in [1.165, 1.54) is 22.8 Å². The van der Waals surface area contributed by atoms with E-state index in [-0.39, 0.29) is 13.1 Å². The minimum absolute atomic E-state index is 0.0757. The van der Waals surface area contributed by atoms with Gasteiger partial charge >= 0.3 is 0 Å². The molecule has 0 bridgehead atoms. The van der Waals surface area contributed by atoms with E-state index in [1.54, 1.807) is 0 Å². The third-order valence-electron chi connectivity index (χ3n) is 3.31. The van der Waals surface area contributed by atoms with Crippen LogP contribution in [0.15, 0.2) is 47.4 Å². The van der Waals surface area contributed by atoms with Crippen LogP contribution >= 0.6 is 11.9 Å². The summed E-state index contributed by atoms with van der Waals surface area (Å²) in [6.45, 7) is 0.251. The maximum absolute atomic E-state index is 13.2. The number of primary amides is 1. The fourth-order valence-electron chi connectivity index (χ4n) is 2.09. The summed E-state index contributed by atoms with van der Waals surface area (Å²) in [6, 6.07) is 10.9. The first kappa shape index (κ1) is 18.0. The van der Waals surface area contributed by atoms with Crippen LogP contribution in [0.1, 0.15) is 5.56 Å². The minimum Gasteiger partial charge on any atom is -0.369 e. The summed E-state index contributed by atoms with van der Waals surface area (Å²) < 4.78 is 29.0. The Morgan fingerprint density at radius 1 is 1.15 bits per heavy atom. The van der Waals surface area contributed by atoms with Crippen molar-refractivity contribution >= 4 is 17.9 Å². The predicted molar refractivity (Wildman–Crippen MR) is 91.8 cm³/mol. The summed E-state index contributed by atoms with van der Waals surface area (Å²) in [6.07, 6.45) is 0. The first-order valence-electron chi connectivity index (χ1n) is 7.51. The van der Waals surface area contributed by atoms with Crippen LogP contribution in [0.25, 0.3) is 11.4 Å². The van der Waals surface area contributed by atoms with Crippen LogP contribution in [-0.2, 0) is 11.3 Å². The smallest absolute Gasteiger partial charge is 0.232 e. The highest BCUT2D eigenvalue weighted by Gasteiger charge is 2.08. The van der Waals surface area contributed by atoms with Crippen molar-refractivity contribution in [2.45, 2.75) is 11.4 Å². The Morgan fingerprint density at radius 2 is 1.92 bits per heavy atom. The second kappa shape index (κ2) is 8.02. The van der Waals surface area contributed by atoms with Gasteiger partial charge in [-0.25, -0.2) is 8.78 Å². The van der Waals surface area contributed by atoms with Crippen LogP contribution in [0.2, 0.25) is 0 Å². The summed E-state index contributed by atoms with van der Waals surface area (Å²) in [7, 11) is 0. The van der Waals surface area contributed by atoms with Crippen molar-refractivity contribution in [3.8, 4) is 11.4 Å². The molecule has 2 aromatic carbocycles. The second-order valence-electron chi connectivity index (χ2n) is 5.31. The molecule has 1 heterocycles. The molecule has 1 aromatic heterocycles. The number of carbonyl (C=O) groups excluding carboxylic acids is 1. The second-order valence-corrected chi connectivity index (χ2v) is 6.27. The Morgan fingerprint density at radius 3 is 2.62 bits per heavy atom. The van der Waals surface area contributed by atoms with E-state index >= 15 is 0 Å². The zero-order chi connectivity index (χ0) is 18.5. The summed E-state index contributed by atoms with van der Waals surface area (Å²) in [5.41, 5.74) is 6.33. The monoisotopic (exact) mass is 376 g/mol. The standard InChI is InChI=1S/C16H14F2N6OS/c17-13-6-1-10(7-14(13)18)9-24-22-16(21-23-24)11-2-4-12(5-3-11)26-20-8-15(19)25/h1-7,20H,8-9H2,(H2,19,25). The number of benzene rings is 2. The number of nitrogens with one attached hydrogen (secondary N) is 1. The topological polar surface area (TPSA) is 98.7 Å². The van der Waals surface area contributed by atoms with Crippen LogP contribution in [0, 0.1) is 11.6 Å². The lowest BCUT2D eigenvalue weighted by molar-refractivity contribution is -0.116. The number of tetrazole rings is 1. The molecule has 26 heavy (non-hydrogen) atoms. The number of hydrogen-bond donors (Lipinski definition) is 2. The molecule has 3 rings (SSSR count). The van der Waals surface area contributed by atoms with Crippen molar-refractivity contribution < 1.29 is 13.6 Å². The fraction of sp³-hybridized carbons (Fsp3) is 0.125. The maximum atomic E-state index is 13.2. The van der Waals surface area contributed by atoms with Crippen LogP contribution < -0.4 is 10.5 Å². The average molecular weight is 376 g/mol. The number of aromatic nitrogens is 4. The first-order valence-corrected chi connectivity index (χ1v) is 8.33. The molecule has 0 radical (unpaired) electrons. The highest BCUT2D eigenvalue weighted by atomic mass is 32.2. The summed E-state index contributed by atoms with van der Waals surface area (Å²) in [5, 5.41) is 12.1. The lowest BCUT2D eigenvalue weighted by atomic mass is 10.2.